The van der Waals surface area contributed by atoms with Crippen molar-refractivity contribution in [3.05, 3.63) is 34.9 Å². The van der Waals surface area contributed by atoms with E-state index in [4.69, 9.17) is 14.2 Å². The second kappa shape index (κ2) is 12.5. The molecule has 1 aliphatic heterocycles. The van der Waals surface area contributed by atoms with Gasteiger partial charge in [0.2, 0.25) is 0 Å². The maximum absolute atomic E-state index is 13.0. The Morgan fingerprint density at radius 2 is 1.82 bits per heavy atom. The fourth-order valence-electron chi connectivity index (χ4n) is 7.29. The zero-order valence-corrected chi connectivity index (χ0v) is 24.9. The molecule has 8 heteroatoms. The number of allylic oxidation sites excluding steroid dienone is 4. The first-order chi connectivity index (χ1) is 18.2. The zero-order chi connectivity index (χ0) is 29.3. The molecule has 0 radical (unpaired) electrons. The lowest BCUT2D eigenvalue weighted by Gasteiger charge is -2.61. The summed E-state index contributed by atoms with van der Waals surface area (Å²) in [6, 6.07) is 0. The molecule has 0 spiro atoms. The van der Waals surface area contributed by atoms with Crippen molar-refractivity contribution in [2.45, 2.75) is 124 Å². The van der Waals surface area contributed by atoms with Gasteiger partial charge in [-0.1, -0.05) is 50.1 Å². The lowest BCUT2D eigenvalue weighted by molar-refractivity contribution is -0.325. The normalized spacial score (nSPS) is 41.0. The summed E-state index contributed by atoms with van der Waals surface area (Å²) in [5.41, 5.74) is 2.27. The summed E-state index contributed by atoms with van der Waals surface area (Å²) < 4.78 is 18.4. The van der Waals surface area contributed by atoms with Gasteiger partial charge in [0, 0.05) is 11.0 Å². The van der Waals surface area contributed by atoms with Gasteiger partial charge in [-0.3, -0.25) is 0 Å². The number of carbonyl (C=O) groups is 1. The number of hydrogen-bond acceptors (Lipinski definition) is 8. The molecule has 2 fully saturated rings. The summed E-state index contributed by atoms with van der Waals surface area (Å²) in [6.45, 7) is 15.9. The number of fused-ring (bicyclic) bond motifs is 1. The largest absolute Gasteiger partial charge is 0.456 e. The van der Waals surface area contributed by atoms with Crippen LogP contribution < -0.4 is 0 Å². The predicted octanol–water partition coefficient (Wildman–Crippen LogP) is 3.81. The highest BCUT2D eigenvalue weighted by atomic mass is 16.7. The van der Waals surface area contributed by atoms with Crippen LogP contribution in [0.1, 0.15) is 81.1 Å². The number of esters is 1. The maximum atomic E-state index is 13.0. The predicted molar refractivity (Wildman–Crippen MR) is 148 cm³/mol. The lowest BCUT2D eigenvalue weighted by Crippen LogP contribution is -2.64. The molecule has 0 aromatic heterocycles. The number of aliphatic hydroxyl groups excluding tert-OH is 4. The molecule has 1 saturated carbocycles. The highest BCUT2D eigenvalue weighted by molar-refractivity contribution is 5.87. The first kappa shape index (κ1) is 32.0. The molecule has 0 bridgehead atoms. The van der Waals surface area contributed by atoms with Crippen LogP contribution in [0.5, 0.6) is 0 Å². The third-order valence-electron chi connectivity index (χ3n) is 9.80. The maximum Gasteiger partial charge on any atom is 0.333 e. The third kappa shape index (κ3) is 6.36. The molecule has 0 aromatic carbocycles. The molecule has 3 rings (SSSR count). The molecule has 222 valence electrons. The summed E-state index contributed by atoms with van der Waals surface area (Å²) >= 11 is 0. The molecule has 0 amide bonds. The fraction of sp³-hybridized carbons (Fsp3) is 0.774. The Morgan fingerprint density at radius 3 is 2.44 bits per heavy atom. The first-order valence-corrected chi connectivity index (χ1v) is 14.3. The molecule has 39 heavy (non-hydrogen) atoms. The van der Waals surface area contributed by atoms with Crippen molar-refractivity contribution in [1.29, 1.82) is 0 Å². The summed E-state index contributed by atoms with van der Waals surface area (Å²) in [5.74, 6) is 0.0135. The minimum atomic E-state index is -1.45. The van der Waals surface area contributed by atoms with Gasteiger partial charge in [0.25, 0.3) is 0 Å². The zero-order valence-electron chi connectivity index (χ0n) is 24.9. The Labute approximate surface area is 233 Å². The fourth-order valence-corrected chi connectivity index (χ4v) is 7.29. The van der Waals surface area contributed by atoms with E-state index in [1.807, 2.05) is 13.0 Å². The van der Waals surface area contributed by atoms with Crippen LogP contribution in [0.3, 0.4) is 0 Å². The van der Waals surface area contributed by atoms with Crippen LogP contribution in [-0.4, -0.2) is 75.9 Å². The van der Waals surface area contributed by atoms with Crippen molar-refractivity contribution in [3.63, 3.8) is 0 Å². The molecular weight excluding hydrogens is 500 g/mol. The summed E-state index contributed by atoms with van der Waals surface area (Å²) in [6.07, 6.45) is 1.78. The average molecular weight is 551 g/mol. The average Bonchev–Trinajstić information content (AvgIpc) is 2.87. The van der Waals surface area contributed by atoms with Gasteiger partial charge in [-0.25, -0.2) is 4.79 Å². The number of hydrogen-bond donors (Lipinski definition) is 4. The van der Waals surface area contributed by atoms with Gasteiger partial charge in [-0.15, -0.1) is 0 Å². The van der Waals surface area contributed by atoms with E-state index in [1.165, 1.54) is 5.57 Å². The molecule has 10 atom stereocenters. The van der Waals surface area contributed by atoms with Crippen molar-refractivity contribution in [1.82, 2.24) is 0 Å². The van der Waals surface area contributed by atoms with E-state index in [1.54, 1.807) is 26.8 Å². The molecule has 1 heterocycles. The smallest absolute Gasteiger partial charge is 0.333 e. The lowest BCUT2D eigenvalue weighted by atomic mass is 9.46. The topological polar surface area (TPSA) is 126 Å². The quantitative estimate of drug-likeness (QED) is 0.204. The monoisotopic (exact) mass is 550 g/mol. The van der Waals surface area contributed by atoms with E-state index in [0.717, 1.165) is 24.8 Å². The van der Waals surface area contributed by atoms with E-state index in [0.29, 0.717) is 12.0 Å². The SMILES string of the molecule is C/C=C(/C)C(=O)O[C@H]1[C@@H](O[C@@H]2O[C@@H](C)[C@H](O)[C@@H](O)[C@H]2O)C[C@@]2(C)[C@H](CC=C(C)[C@@H]2CC/C(C)=C/CO)C1(C)C. The highest BCUT2D eigenvalue weighted by Crippen LogP contribution is 2.62. The Balaban J connectivity index is 2.01. The van der Waals surface area contributed by atoms with Crippen molar-refractivity contribution in [3.8, 4) is 0 Å². The summed E-state index contributed by atoms with van der Waals surface area (Å²) in [7, 11) is 0. The second-order valence-electron chi connectivity index (χ2n) is 12.7. The van der Waals surface area contributed by atoms with Crippen LogP contribution in [0.15, 0.2) is 34.9 Å². The van der Waals surface area contributed by atoms with Gasteiger partial charge < -0.3 is 34.6 Å². The number of aliphatic hydroxyl groups is 4. The van der Waals surface area contributed by atoms with Gasteiger partial charge >= 0.3 is 5.97 Å². The molecule has 1 saturated heterocycles. The Morgan fingerprint density at radius 1 is 1.15 bits per heavy atom. The highest BCUT2D eigenvalue weighted by Gasteiger charge is 2.61. The minimum absolute atomic E-state index is 0.0233. The third-order valence-corrected chi connectivity index (χ3v) is 9.80. The first-order valence-electron chi connectivity index (χ1n) is 14.3. The van der Waals surface area contributed by atoms with Gasteiger partial charge in [-0.05, 0) is 77.6 Å². The van der Waals surface area contributed by atoms with Gasteiger partial charge in [0.1, 0.15) is 24.4 Å². The van der Waals surface area contributed by atoms with E-state index in [2.05, 4.69) is 33.8 Å². The van der Waals surface area contributed by atoms with Crippen molar-refractivity contribution in [2.24, 2.45) is 22.7 Å². The summed E-state index contributed by atoms with van der Waals surface area (Å²) in [5, 5.41) is 40.7. The van der Waals surface area contributed by atoms with Crippen LogP contribution in [0.25, 0.3) is 0 Å². The van der Waals surface area contributed by atoms with Crippen LogP contribution in [0.2, 0.25) is 0 Å². The van der Waals surface area contributed by atoms with Gasteiger partial charge in [0.15, 0.2) is 6.29 Å². The van der Waals surface area contributed by atoms with Crippen LogP contribution in [-0.2, 0) is 19.0 Å². The van der Waals surface area contributed by atoms with E-state index < -0.39 is 54.3 Å². The molecule has 2 aliphatic carbocycles. The van der Waals surface area contributed by atoms with Crippen LogP contribution >= 0.6 is 0 Å². The van der Waals surface area contributed by atoms with Crippen molar-refractivity contribution < 1.29 is 39.4 Å². The Kier molecular flexibility index (Phi) is 10.3. The minimum Gasteiger partial charge on any atom is -0.456 e. The van der Waals surface area contributed by atoms with Crippen LogP contribution in [0, 0.1) is 22.7 Å². The standard InChI is InChI=1S/C31H50O8/c1-9-18(3)28(36)39-27-22(38-29-26(35)25(34)24(33)20(5)37-29)16-31(8)21(12-10-17(2)14-15-32)19(4)11-13-23(31)30(27,6)7/h9,11,14,20-27,29,32-35H,10,12-13,15-16H2,1-8H3/b17-14+,18-9-/t20-,21-,22-,23+,24-,25+,26+,27-,29-,31+/m0/s1. The second-order valence-corrected chi connectivity index (χ2v) is 12.7. The van der Waals surface area contributed by atoms with E-state index in [-0.39, 0.29) is 23.9 Å². The van der Waals surface area contributed by atoms with Crippen molar-refractivity contribution >= 4 is 5.97 Å². The van der Waals surface area contributed by atoms with E-state index >= 15 is 0 Å². The van der Waals surface area contributed by atoms with Gasteiger partial charge in [-0.2, -0.15) is 0 Å². The van der Waals surface area contributed by atoms with Gasteiger partial charge in [0.05, 0.1) is 18.8 Å². The Hall–Kier alpha value is -1.55. The molecule has 0 unspecified atom stereocenters. The number of carbonyl (C=O) groups excluding carboxylic acids is 1. The Bertz CT molecular complexity index is 968. The molecular formula is C31H50O8. The number of rotatable bonds is 8. The van der Waals surface area contributed by atoms with E-state index in [9.17, 15) is 25.2 Å². The molecule has 0 aromatic rings. The molecule has 3 aliphatic rings. The number of ether oxygens (including phenoxy) is 3. The molecule has 8 nitrogen and oxygen atoms in total. The van der Waals surface area contributed by atoms with Crippen LogP contribution in [0.4, 0.5) is 0 Å². The van der Waals surface area contributed by atoms with Crippen molar-refractivity contribution in [2.75, 3.05) is 6.61 Å². The summed E-state index contributed by atoms with van der Waals surface area (Å²) in [4.78, 5) is 13.0. The molecule has 4 N–H and O–H groups in total.